The summed E-state index contributed by atoms with van der Waals surface area (Å²) in [6, 6.07) is 0. The zero-order valence-corrected chi connectivity index (χ0v) is 6.96. The van der Waals surface area contributed by atoms with Crippen LogP contribution in [0.4, 0.5) is 0 Å². The van der Waals surface area contributed by atoms with Gasteiger partial charge in [0.05, 0.1) is 0 Å². The summed E-state index contributed by atoms with van der Waals surface area (Å²) in [5.41, 5.74) is 0. The van der Waals surface area contributed by atoms with Crippen LogP contribution in [0.15, 0.2) is 0 Å². The molecule has 1 nitrogen and oxygen atoms in total. The Morgan fingerprint density at radius 2 is 2.00 bits per heavy atom. The second kappa shape index (κ2) is 9.16. The quantitative estimate of drug-likeness (QED) is 0.711. The van der Waals surface area contributed by atoms with Crippen LogP contribution >= 0.6 is 0 Å². The topological polar surface area (TPSA) is 14.1 Å². The van der Waals surface area contributed by atoms with Crippen molar-refractivity contribution in [3.05, 3.63) is 5.32 Å². The van der Waals surface area contributed by atoms with E-state index in [0.717, 1.165) is 6.54 Å². The Hall–Kier alpha value is 0.622. The molecule has 0 saturated carbocycles. The first-order valence-corrected chi connectivity index (χ1v) is 1.97. The van der Waals surface area contributed by atoms with E-state index >= 15 is 0 Å². The van der Waals surface area contributed by atoms with Crippen molar-refractivity contribution in [2.45, 2.75) is 13.3 Å². The first kappa shape index (κ1) is 9.80. The van der Waals surface area contributed by atoms with Crippen molar-refractivity contribution in [2.75, 3.05) is 13.6 Å². The Kier molecular flexibility index (Phi) is 14.9. The van der Waals surface area contributed by atoms with Crippen LogP contribution in [-0.4, -0.2) is 13.6 Å². The summed E-state index contributed by atoms with van der Waals surface area (Å²) in [6.45, 7) is 3.13. The Morgan fingerprint density at radius 3 is 2.00 bits per heavy atom. The molecule has 1 radical (unpaired) electrons. The third kappa shape index (κ3) is 8.82. The first-order chi connectivity index (χ1) is 2.41. The molecule has 0 aromatic carbocycles. The molecule has 0 aromatic rings. The minimum atomic E-state index is 0. The van der Waals surface area contributed by atoms with Gasteiger partial charge in [0.1, 0.15) is 0 Å². The summed E-state index contributed by atoms with van der Waals surface area (Å²) in [5, 5.41) is 3.85. The van der Waals surface area contributed by atoms with Crippen molar-refractivity contribution < 1.29 is 20.4 Å². The van der Waals surface area contributed by atoms with E-state index in [-0.39, 0.29) is 20.4 Å². The van der Waals surface area contributed by atoms with Crippen molar-refractivity contribution >= 4 is 0 Å². The Morgan fingerprint density at radius 1 is 1.50 bits per heavy atom. The average Bonchev–Trinajstić information content (AvgIpc) is 1.41. The van der Waals surface area contributed by atoms with Gasteiger partial charge in [-0.3, -0.25) is 0 Å². The predicted octanol–water partition coefficient (Wildman–Crippen LogP) is 1.40. The molecule has 0 heterocycles. The van der Waals surface area contributed by atoms with Crippen molar-refractivity contribution in [2.24, 2.45) is 0 Å². The monoisotopic (exact) mass is 259 g/mol. The molecule has 0 aliphatic rings. The van der Waals surface area contributed by atoms with Crippen LogP contribution in [0.2, 0.25) is 0 Å². The fraction of sp³-hybridized carbons (Fsp3) is 1.00. The summed E-state index contributed by atoms with van der Waals surface area (Å²) in [5.74, 6) is 0. The van der Waals surface area contributed by atoms with Crippen molar-refractivity contribution in [1.29, 1.82) is 0 Å². The van der Waals surface area contributed by atoms with Gasteiger partial charge >= 0.3 is 0 Å². The Labute approximate surface area is 53.2 Å². The molecule has 0 aromatic heterocycles. The van der Waals surface area contributed by atoms with Gasteiger partial charge in [-0.1, -0.05) is 13.3 Å². The molecule has 2 heteroatoms. The Bertz CT molecular complexity index is 15.0. The van der Waals surface area contributed by atoms with Gasteiger partial charge in [-0.2, -0.15) is 7.05 Å². The maximum atomic E-state index is 3.85. The van der Waals surface area contributed by atoms with Crippen LogP contribution in [0.3, 0.4) is 0 Å². The van der Waals surface area contributed by atoms with Gasteiger partial charge < -0.3 is 5.32 Å². The fourth-order valence-corrected chi connectivity index (χ4v) is 0.224. The van der Waals surface area contributed by atoms with Gasteiger partial charge in [-0.25, -0.2) is 0 Å². The molecule has 0 fully saturated rings. The van der Waals surface area contributed by atoms with E-state index in [9.17, 15) is 0 Å². The van der Waals surface area contributed by atoms with Gasteiger partial charge in [0.2, 0.25) is 0 Å². The standard InChI is InChI=1S/C4H10N.Re/c1-3-4-5-2;/h3-4H2,1-2H3;/q-1;. The van der Waals surface area contributed by atoms with Gasteiger partial charge in [-0.15, -0.1) is 6.54 Å². The molecule has 0 saturated heterocycles. The van der Waals surface area contributed by atoms with Gasteiger partial charge in [0.25, 0.3) is 0 Å². The number of nitrogens with zero attached hydrogens (tertiary/aromatic N) is 1. The molecule has 0 rings (SSSR count). The van der Waals surface area contributed by atoms with Gasteiger partial charge in [0.15, 0.2) is 0 Å². The molecule has 0 N–H and O–H groups in total. The SMILES string of the molecule is CCC[N-]C.[Re]. The van der Waals surface area contributed by atoms with E-state index in [2.05, 4.69) is 12.2 Å². The second-order valence-corrected chi connectivity index (χ2v) is 1.04. The first-order valence-electron chi connectivity index (χ1n) is 1.97. The largest absolute Gasteiger partial charge is 0.665 e. The predicted molar refractivity (Wildman–Crippen MR) is 24.4 cm³/mol. The zero-order chi connectivity index (χ0) is 4.12. The van der Waals surface area contributed by atoms with Crippen LogP contribution < -0.4 is 0 Å². The van der Waals surface area contributed by atoms with Crippen LogP contribution in [0.1, 0.15) is 13.3 Å². The normalized spacial score (nSPS) is 7.00. The van der Waals surface area contributed by atoms with Crippen LogP contribution in [0.5, 0.6) is 0 Å². The van der Waals surface area contributed by atoms with Crippen molar-refractivity contribution in [3.63, 3.8) is 0 Å². The van der Waals surface area contributed by atoms with E-state index in [1.807, 2.05) is 7.05 Å². The smallest absolute Gasteiger partial charge is 0 e. The van der Waals surface area contributed by atoms with E-state index in [4.69, 9.17) is 0 Å². The molecule has 0 atom stereocenters. The molecule has 39 valence electrons. The molecule has 0 bridgehead atoms. The average molecular weight is 258 g/mol. The summed E-state index contributed by atoms with van der Waals surface area (Å²) in [6.07, 6.45) is 1.18. The van der Waals surface area contributed by atoms with Crippen molar-refractivity contribution in [1.82, 2.24) is 0 Å². The third-order valence-electron chi connectivity index (χ3n) is 0.447. The van der Waals surface area contributed by atoms with Gasteiger partial charge in [0, 0.05) is 20.4 Å². The van der Waals surface area contributed by atoms with Crippen LogP contribution in [0, 0.1) is 0 Å². The maximum Gasteiger partial charge on any atom is 0 e. The second-order valence-electron chi connectivity index (χ2n) is 1.04. The fourth-order valence-electron chi connectivity index (χ4n) is 0.224. The number of rotatable bonds is 2. The van der Waals surface area contributed by atoms with Crippen LogP contribution in [-0.2, 0) is 20.4 Å². The molecule has 0 amide bonds. The zero-order valence-electron chi connectivity index (χ0n) is 4.24. The molecular weight excluding hydrogens is 248 g/mol. The van der Waals surface area contributed by atoms with Gasteiger partial charge in [-0.05, 0) is 0 Å². The third-order valence-corrected chi connectivity index (χ3v) is 0.447. The van der Waals surface area contributed by atoms with Crippen LogP contribution in [0.25, 0.3) is 5.32 Å². The molecule has 0 unspecified atom stereocenters. The van der Waals surface area contributed by atoms with E-state index in [1.54, 1.807) is 0 Å². The molecule has 0 aliphatic carbocycles. The number of hydrogen-bond acceptors (Lipinski definition) is 0. The molecule has 6 heavy (non-hydrogen) atoms. The molecule has 0 aliphatic heterocycles. The summed E-state index contributed by atoms with van der Waals surface area (Å²) in [7, 11) is 1.84. The van der Waals surface area contributed by atoms with Crippen molar-refractivity contribution in [3.8, 4) is 0 Å². The number of hydrogen-bond donors (Lipinski definition) is 0. The minimum Gasteiger partial charge on any atom is -0.665 e. The molecule has 0 spiro atoms. The summed E-state index contributed by atoms with van der Waals surface area (Å²) >= 11 is 0. The molecular formula is C4H10NRe-. The maximum absolute atomic E-state index is 3.85. The van der Waals surface area contributed by atoms with E-state index in [1.165, 1.54) is 6.42 Å². The summed E-state index contributed by atoms with van der Waals surface area (Å²) < 4.78 is 0. The van der Waals surface area contributed by atoms with E-state index in [0.29, 0.717) is 0 Å². The summed E-state index contributed by atoms with van der Waals surface area (Å²) in [4.78, 5) is 0. The Balaban J connectivity index is 0. The van der Waals surface area contributed by atoms with E-state index < -0.39 is 0 Å². The minimum absolute atomic E-state index is 0.